The molecule has 5 nitrogen and oxygen atoms in total. The number of benzene rings is 1. The van der Waals surface area contributed by atoms with Crippen molar-refractivity contribution < 1.29 is 19.4 Å². The minimum atomic E-state index is -0.714. The number of aliphatic carboxylic acids is 1. The Morgan fingerprint density at radius 1 is 1.35 bits per heavy atom. The second kappa shape index (κ2) is 6.13. The van der Waals surface area contributed by atoms with Crippen LogP contribution in [0.2, 0.25) is 0 Å². The van der Waals surface area contributed by atoms with E-state index in [0.717, 1.165) is 30.2 Å². The van der Waals surface area contributed by atoms with E-state index in [4.69, 9.17) is 14.6 Å². The summed E-state index contributed by atoms with van der Waals surface area (Å²) < 4.78 is 10.5. The van der Waals surface area contributed by atoms with Crippen LogP contribution in [0, 0.1) is 5.92 Å². The molecular weight excluding hydrogens is 258 g/mol. The minimum absolute atomic E-state index is 0.250. The molecular formula is C15H21NO4. The molecule has 0 amide bonds. The normalized spacial score (nSPS) is 17.4. The zero-order valence-electron chi connectivity index (χ0n) is 12.1. The van der Waals surface area contributed by atoms with E-state index in [1.165, 1.54) is 0 Å². The van der Waals surface area contributed by atoms with Crippen LogP contribution in [0.3, 0.4) is 0 Å². The van der Waals surface area contributed by atoms with Crippen molar-refractivity contribution in [2.24, 2.45) is 5.92 Å². The van der Waals surface area contributed by atoms with E-state index in [9.17, 15) is 4.79 Å². The summed E-state index contributed by atoms with van der Waals surface area (Å²) in [5, 5.41) is 8.77. The highest BCUT2D eigenvalue weighted by Crippen LogP contribution is 2.34. The van der Waals surface area contributed by atoms with E-state index in [2.05, 4.69) is 11.8 Å². The molecule has 0 saturated carbocycles. The van der Waals surface area contributed by atoms with E-state index in [1.54, 1.807) is 14.2 Å². The van der Waals surface area contributed by atoms with Gasteiger partial charge in [-0.1, -0.05) is 6.07 Å². The number of hydrogen-bond acceptors (Lipinski definition) is 4. The Bertz CT molecular complexity index is 483. The highest BCUT2D eigenvalue weighted by molar-refractivity contribution is 5.67. The Morgan fingerprint density at radius 3 is 2.55 bits per heavy atom. The van der Waals surface area contributed by atoms with Gasteiger partial charge in [0.05, 0.1) is 20.6 Å². The molecule has 1 aliphatic rings. The molecule has 0 aliphatic carbocycles. The van der Waals surface area contributed by atoms with Crippen molar-refractivity contribution in [2.75, 3.05) is 27.3 Å². The van der Waals surface area contributed by atoms with E-state index < -0.39 is 5.97 Å². The molecule has 1 aromatic rings. The number of methoxy groups -OCH3 is 2. The molecule has 0 bridgehead atoms. The molecule has 0 aromatic heterocycles. The number of rotatable bonds is 6. The van der Waals surface area contributed by atoms with Crippen molar-refractivity contribution in [1.29, 1.82) is 0 Å². The van der Waals surface area contributed by atoms with Crippen LogP contribution in [0.4, 0.5) is 0 Å². The quantitative estimate of drug-likeness (QED) is 0.865. The Kier molecular flexibility index (Phi) is 4.49. The van der Waals surface area contributed by atoms with Gasteiger partial charge in [0.15, 0.2) is 11.5 Å². The van der Waals surface area contributed by atoms with Crippen molar-refractivity contribution in [3.05, 3.63) is 23.8 Å². The summed E-state index contributed by atoms with van der Waals surface area (Å²) in [5.74, 6) is 0.999. The predicted octanol–water partition coefficient (Wildman–Crippen LogP) is 2.17. The fourth-order valence-electron chi connectivity index (χ4n) is 2.63. The van der Waals surface area contributed by atoms with Crippen molar-refractivity contribution in [1.82, 2.24) is 4.90 Å². The summed E-state index contributed by atoms with van der Waals surface area (Å²) >= 11 is 0. The number of nitrogens with zero attached hydrogens (tertiary/aromatic N) is 1. The largest absolute Gasteiger partial charge is 0.493 e. The molecule has 2 rings (SSSR count). The fourth-order valence-corrected chi connectivity index (χ4v) is 2.63. The number of carbonyl (C=O) groups is 1. The van der Waals surface area contributed by atoms with Crippen LogP contribution in [-0.2, 0) is 4.79 Å². The van der Waals surface area contributed by atoms with Gasteiger partial charge in [-0.3, -0.25) is 9.69 Å². The molecule has 20 heavy (non-hydrogen) atoms. The van der Waals surface area contributed by atoms with Gasteiger partial charge < -0.3 is 14.6 Å². The first-order valence-corrected chi connectivity index (χ1v) is 6.73. The number of carboxylic acid groups (broad SMARTS) is 1. The second-order valence-corrected chi connectivity index (χ2v) is 5.21. The highest BCUT2D eigenvalue weighted by Gasteiger charge is 2.32. The van der Waals surface area contributed by atoms with Crippen LogP contribution in [-0.4, -0.2) is 43.3 Å². The van der Waals surface area contributed by atoms with Crippen LogP contribution < -0.4 is 9.47 Å². The first-order chi connectivity index (χ1) is 9.55. The molecule has 110 valence electrons. The van der Waals surface area contributed by atoms with Gasteiger partial charge in [-0.15, -0.1) is 0 Å². The van der Waals surface area contributed by atoms with Gasteiger partial charge in [0.2, 0.25) is 0 Å². The summed E-state index contributed by atoms with van der Waals surface area (Å²) in [6, 6.07) is 6.16. The van der Waals surface area contributed by atoms with E-state index in [0.29, 0.717) is 0 Å². The average Bonchev–Trinajstić information content (AvgIpc) is 2.40. The van der Waals surface area contributed by atoms with E-state index in [1.807, 2.05) is 18.2 Å². The van der Waals surface area contributed by atoms with Crippen molar-refractivity contribution in [3.63, 3.8) is 0 Å². The van der Waals surface area contributed by atoms with Crippen LogP contribution in [0.15, 0.2) is 18.2 Å². The van der Waals surface area contributed by atoms with Crippen molar-refractivity contribution >= 4 is 5.97 Å². The number of likely N-dealkylation sites (tertiary alicyclic amines) is 1. The van der Waals surface area contributed by atoms with Crippen molar-refractivity contribution in [2.45, 2.75) is 19.4 Å². The molecule has 1 aromatic carbocycles. The Labute approximate surface area is 119 Å². The summed E-state index contributed by atoms with van der Waals surface area (Å²) in [6.07, 6.45) is 0.259. The van der Waals surface area contributed by atoms with E-state index in [-0.39, 0.29) is 18.4 Å². The number of ether oxygens (including phenoxy) is 2. The smallest absolute Gasteiger partial charge is 0.303 e. The lowest BCUT2D eigenvalue weighted by Crippen LogP contribution is -2.48. The van der Waals surface area contributed by atoms with Gasteiger partial charge in [0, 0.05) is 19.1 Å². The van der Waals surface area contributed by atoms with Gasteiger partial charge in [0.25, 0.3) is 0 Å². The zero-order chi connectivity index (χ0) is 14.7. The molecule has 1 N–H and O–H groups in total. The van der Waals surface area contributed by atoms with Crippen LogP contribution >= 0.6 is 0 Å². The summed E-state index contributed by atoms with van der Waals surface area (Å²) in [6.45, 7) is 3.79. The first kappa shape index (κ1) is 14.7. The molecule has 0 spiro atoms. The Balaban J connectivity index is 2.00. The maximum atomic E-state index is 10.7. The maximum absolute atomic E-state index is 10.7. The monoisotopic (exact) mass is 279 g/mol. The number of hydrogen-bond donors (Lipinski definition) is 1. The minimum Gasteiger partial charge on any atom is -0.493 e. The van der Waals surface area contributed by atoms with Crippen LogP contribution in [0.1, 0.15) is 24.9 Å². The third-order valence-corrected chi connectivity index (χ3v) is 3.89. The van der Waals surface area contributed by atoms with E-state index >= 15 is 0 Å². The van der Waals surface area contributed by atoms with Crippen LogP contribution in [0.5, 0.6) is 11.5 Å². The lowest BCUT2D eigenvalue weighted by molar-refractivity contribution is -0.139. The lowest BCUT2D eigenvalue weighted by Gasteiger charge is -2.43. The lowest BCUT2D eigenvalue weighted by atomic mass is 9.92. The zero-order valence-corrected chi connectivity index (χ0v) is 12.1. The Hall–Kier alpha value is -1.75. The van der Waals surface area contributed by atoms with Gasteiger partial charge in [-0.25, -0.2) is 0 Å². The third-order valence-electron chi connectivity index (χ3n) is 3.89. The van der Waals surface area contributed by atoms with Gasteiger partial charge in [-0.05, 0) is 30.5 Å². The predicted molar refractivity (Wildman–Crippen MR) is 75.3 cm³/mol. The molecule has 0 radical (unpaired) electrons. The molecule has 5 heteroatoms. The molecule has 1 atom stereocenters. The average molecular weight is 279 g/mol. The number of carboxylic acids is 1. The first-order valence-electron chi connectivity index (χ1n) is 6.73. The molecule has 1 unspecified atom stereocenters. The maximum Gasteiger partial charge on any atom is 0.303 e. The third kappa shape index (κ3) is 3.04. The van der Waals surface area contributed by atoms with Crippen molar-refractivity contribution in [3.8, 4) is 11.5 Å². The second-order valence-electron chi connectivity index (χ2n) is 5.21. The highest BCUT2D eigenvalue weighted by atomic mass is 16.5. The topological polar surface area (TPSA) is 59.0 Å². The molecule has 1 heterocycles. The molecule has 1 fully saturated rings. The van der Waals surface area contributed by atoms with Gasteiger partial charge in [0.1, 0.15) is 0 Å². The van der Waals surface area contributed by atoms with Gasteiger partial charge in [-0.2, -0.15) is 0 Å². The summed E-state index contributed by atoms with van der Waals surface area (Å²) in [7, 11) is 3.24. The molecule has 1 aliphatic heterocycles. The Morgan fingerprint density at radius 2 is 2.00 bits per heavy atom. The van der Waals surface area contributed by atoms with Gasteiger partial charge >= 0.3 is 5.97 Å². The SMILES string of the molecule is COc1ccc(C(C)N2CC(CC(=O)O)C2)cc1OC. The standard InChI is InChI=1S/C15H21NO4/c1-10(16-8-11(9-16)6-15(17)18)12-4-5-13(19-2)14(7-12)20-3/h4-5,7,10-11H,6,8-9H2,1-3H3,(H,17,18). The molecule has 1 saturated heterocycles. The summed E-state index contributed by atoms with van der Waals surface area (Å²) in [4.78, 5) is 12.9. The van der Waals surface area contributed by atoms with Crippen LogP contribution in [0.25, 0.3) is 0 Å². The fraction of sp³-hybridized carbons (Fsp3) is 0.533. The summed E-state index contributed by atoms with van der Waals surface area (Å²) in [5.41, 5.74) is 1.15.